The minimum Gasteiger partial charge on any atom is -0.507 e. The normalized spacial score (nSPS) is 20.3. The van der Waals surface area contributed by atoms with Crippen LogP contribution in [-0.4, -0.2) is 38.1 Å². The first-order valence-electron chi connectivity index (χ1n) is 11.6. The van der Waals surface area contributed by atoms with Gasteiger partial charge in [0.05, 0.1) is 22.6 Å². The summed E-state index contributed by atoms with van der Waals surface area (Å²) in [7, 11) is 0. The van der Waals surface area contributed by atoms with Crippen LogP contribution in [0, 0.1) is 0 Å². The van der Waals surface area contributed by atoms with E-state index in [1.165, 1.54) is 11.8 Å². The van der Waals surface area contributed by atoms with Crippen molar-refractivity contribution in [3.05, 3.63) is 44.7 Å². The molecule has 180 valence electrons. The molecule has 1 aromatic carbocycles. The zero-order valence-electron chi connectivity index (χ0n) is 20.4. The molecule has 1 aromatic heterocycles. The van der Waals surface area contributed by atoms with E-state index in [2.05, 4.69) is 52.0 Å². The average molecular weight is 490 g/mol. The van der Waals surface area contributed by atoms with Gasteiger partial charge in [0.15, 0.2) is 0 Å². The molecule has 1 fully saturated rings. The van der Waals surface area contributed by atoms with E-state index in [0.717, 1.165) is 41.0 Å². The fraction of sp³-hybridized carbons (Fsp3) is 0.600. The van der Waals surface area contributed by atoms with E-state index in [0.29, 0.717) is 17.1 Å². The minimum atomic E-state index is -0.301. The predicted molar refractivity (Wildman–Crippen MR) is 139 cm³/mol. The molecule has 3 heterocycles. The summed E-state index contributed by atoms with van der Waals surface area (Å²) in [4.78, 5) is 26.0. The van der Waals surface area contributed by atoms with E-state index in [1.54, 1.807) is 0 Å². The maximum Gasteiger partial charge on any atom is 0.270 e. The summed E-state index contributed by atoms with van der Waals surface area (Å²) in [5, 5.41) is 16.9. The lowest BCUT2D eigenvalue weighted by atomic mass is 9.78. The van der Waals surface area contributed by atoms with E-state index >= 15 is 0 Å². The number of carbonyl (C=O) groups is 1. The number of phenols is 1. The molecule has 0 radical (unpaired) electrons. The van der Waals surface area contributed by atoms with Crippen molar-refractivity contribution in [1.29, 1.82) is 0 Å². The Morgan fingerprint density at radius 2 is 1.58 bits per heavy atom. The number of nitrogens with one attached hydrogen (secondary N) is 2. The highest BCUT2D eigenvalue weighted by atomic mass is 32.2. The van der Waals surface area contributed by atoms with Crippen molar-refractivity contribution in [2.75, 3.05) is 22.6 Å². The van der Waals surface area contributed by atoms with E-state index in [9.17, 15) is 14.7 Å². The summed E-state index contributed by atoms with van der Waals surface area (Å²) in [5.74, 6) is 3.21. The van der Waals surface area contributed by atoms with Gasteiger partial charge in [-0.05, 0) is 51.9 Å². The Hall–Kier alpha value is -1.80. The van der Waals surface area contributed by atoms with Crippen molar-refractivity contribution in [3.8, 4) is 5.75 Å². The third-order valence-corrected chi connectivity index (χ3v) is 8.79. The number of benzene rings is 1. The van der Waals surface area contributed by atoms with Gasteiger partial charge in [-0.25, -0.2) is 0 Å². The van der Waals surface area contributed by atoms with E-state index in [4.69, 9.17) is 0 Å². The largest absolute Gasteiger partial charge is 0.507 e. The standard InChI is InChI=1S/C25H35N3O3S2/c1-24(2,3)16-11-14(12-17(20(16)30)25(4,5)6)21-19-22(26-18(29)13-33-21)28(27-23(19)31)15-7-9-32-10-8-15/h11-12,15,21,30H,7-10,13H2,1-6H3,(H,26,29)(H,27,31). The fourth-order valence-electron chi connectivity index (χ4n) is 4.68. The van der Waals surface area contributed by atoms with Gasteiger partial charge in [-0.1, -0.05) is 53.7 Å². The Kier molecular flexibility index (Phi) is 6.46. The summed E-state index contributed by atoms with van der Waals surface area (Å²) in [5.41, 5.74) is 2.58. The Bertz CT molecular complexity index is 1080. The predicted octanol–water partition coefficient (Wildman–Crippen LogP) is 5.32. The second-order valence-corrected chi connectivity index (χ2v) is 13.4. The first-order valence-corrected chi connectivity index (χ1v) is 13.8. The number of rotatable bonds is 2. The van der Waals surface area contributed by atoms with Crippen molar-refractivity contribution in [2.45, 2.75) is 76.5 Å². The molecule has 3 N–H and O–H groups in total. The van der Waals surface area contributed by atoms with Crippen LogP contribution in [0.5, 0.6) is 5.75 Å². The molecule has 0 spiro atoms. The highest BCUT2D eigenvalue weighted by Gasteiger charge is 2.35. The highest BCUT2D eigenvalue weighted by Crippen LogP contribution is 2.46. The number of phenolic OH excluding ortho intramolecular Hbond substituents is 1. The molecular weight excluding hydrogens is 454 g/mol. The van der Waals surface area contributed by atoms with Crippen molar-refractivity contribution in [2.24, 2.45) is 0 Å². The highest BCUT2D eigenvalue weighted by molar-refractivity contribution is 8.00. The molecule has 1 amide bonds. The fourth-order valence-corrected chi connectivity index (χ4v) is 6.86. The number of aromatic amines is 1. The van der Waals surface area contributed by atoms with Gasteiger partial charge in [0.2, 0.25) is 5.91 Å². The van der Waals surface area contributed by atoms with Crippen LogP contribution in [-0.2, 0) is 15.6 Å². The summed E-state index contributed by atoms with van der Waals surface area (Å²) < 4.78 is 1.91. The molecule has 2 aromatic rings. The van der Waals surface area contributed by atoms with E-state index in [1.807, 2.05) is 28.6 Å². The lowest BCUT2D eigenvalue weighted by molar-refractivity contribution is -0.113. The average Bonchev–Trinajstić information content (AvgIpc) is 2.92. The zero-order chi connectivity index (χ0) is 24.1. The van der Waals surface area contributed by atoms with E-state index in [-0.39, 0.29) is 39.3 Å². The molecule has 0 aliphatic carbocycles. The van der Waals surface area contributed by atoms with Gasteiger partial charge < -0.3 is 10.4 Å². The van der Waals surface area contributed by atoms with Crippen LogP contribution in [0.1, 0.15) is 87.9 Å². The van der Waals surface area contributed by atoms with Gasteiger partial charge in [-0.2, -0.15) is 11.8 Å². The van der Waals surface area contributed by atoms with Crippen LogP contribution in [0.25, 0.3) is 0 Å². The Labute approximate surface area is 204 Å². The Balaban J connectivity index is 1.91. The second-order valence-electron chi connectivity index (χ2n) is 11.1. The molecule has 6 nitrogen and oxygen atoms in total. The maximum atomic E-state index is 13.3. The second kappa shape index (κ2) is 8.77. The van der Waals surface area contributed by atoms with E-state index < -0.39 is 0 Å². The third-order valence-electron chi connectivity index (χ3n) is 6.47. The lowest BCUT2D eigenvalue weighted by Crippen LogP contribution is -2.22. The van der Waals surface area contributed by atoms with Crippen LogP contribution >= 0.6 is 23.5 Å². The Morgan fingerprint density at radius 1 is 1.00 bits per heavy atom. The van der Waals surface area contributed by atoms with Crippen molar-refractivity contribution in [3.63, 3.8) is 0 Å². The molecular formula is C25H35N3O3S2. The van der Waals surface area contributed by atoms with Gasteiger partial charge in [-0.3, -0.25) is 19.4 Å². The van der Waals surface area contributed by atoms with Crippen LogP contribution in [0.3, 0.4) is 0 Å². The van der Waals surface area contributed by atoms with Gasteiger partial charge in [0.1, 0.15) is 11.6 Å². The number of hydrogen-bond donors (Lipinski definition) is 3. The van der Waals surface area contributed by atoms with Gasteiger partial charge in [0.25, 0.3) is 5.56 Å². The first kappa shape index (κ1) is 24.3. The molecule has 1 unspecified atom stereocenters. The number of thioether (sulfide) groups is 2. The number of carbonyl (C=O) groups excluding carboxylic acids is 1. The van der Waals surface area contributed by atoms with Gasteiger partial charge >= 0.3 is 0 Å². The topological polar surface area (TPSA) is 87.1 Å². The smallest absolute Gasteiger partial charge is 0.270 e. The number of nitrogens with zero attached hydrogens (tertiary/aromatic N) is 1. The zero-order valence-corrected chi connectivity index (χ0v) is 22.0. The lowest BCUT2D eigenvalue weighted by Gasteiger charge is -2.29. The first-order chi connectivity index (χ1) is 15.4. The molecule has 8 heteroatoms. The van der Waals surface area contributed by atoms with Crippen molar-refractivity contribution in [1.82, 2.24) is 9.78 Å². The van der Waals surface area contributed by atoms with Crippen LogP contribution in [0.4, 0.5) is 5.82 Å². The molecule has 2 aliphatic rings. The van der Waals surface area contributed by atoms with Crippen molar-refractivity contribution >= 4 is 35.2 Å². The molecule has 0 bridgehead atoms. The summed E-state index contributed by atoms with van der Waals surface area (Å²) in [6, 6.07) is 4.23. The van der Waals surface area contributed by atoms with Gasteiger partial charge in [0, 0.05) is 0 Å². The number of fused-ring (bicyclic) bond motifs is 1. The molecule has 1 atom stereocenters. The number of aromatic hydroxyl groups is 1. The number of hydrogen-bond acceptors (Lipinski definition) is 5. The number of H-pyrrole nitrogens is 1. The van der Waals surface area contributed by atoms with Crippen LogP contribution < -0.4 is 10.9 Å². The van der Waals surface area contributed by atoms with Crippen LogP contribution in [0.15, 0.2) is 16.9 Å². The minimum absolute atomic E-state index is 0.0902. The number of amides is 1. The monoisotopic (exact) mass is 489 g/mol. The summed E-state index contributed by atoms with van der Waals surface area (Å²) in [6.07, 6.45) is 1.94. The third kappa shape index (κ3) is 4.74. The summed E-state index contributed by atoms with van der Waals surface area (Å²) >= 11 is 3.40. The SMILES string of the molecule is CC(C)(C)c1cc(C2SCC(=O)Nc3c2c(=O)[nH]n3C2CCSCC2)cc(C(C)(C)C)c1O. The molecule has 4 rings (SSSR count). The molecule has 33 heavy (non-hydrogen) atoms. The quantitative estimate of drug-likeness (QED) is 0.531. The van der Waals surface area contributed by atoms with Gasteiger partial charge in [-0.15, -0.1) is 11.8 Å². The van der Waals surface area contributed by atoms with Crippen LogP contribution in [0.2, 0.25) is 0 Å². The van der Waals surface area contributed by atoms with Crippen molar-refractivity contribution < 1.29 is 9.90 Å². The molecule has 0 saturated carbocycles. The number of aromatic nitrogens is 2. The summed E-state index contributed by atoms with van der Waals surface area (Å²) in [6.45, 7) is 12.5. The molecule has 2 aliphatic heterocycles. The maximum absolute atomic E-state index is 13.3. The Morgan fingerprint density at radius 3 is 2.12 bits per heavy atom. The molecule has 1 saturated heterocycles. The number of anilines is 1.